The molecule has 4 heteroatoms. The quantitative estimate of drug-likeness (QED) is 0.739. The minimum atomic E-state index is -0.172. The molecule has 0 atom stereocenters. The third kappa shape index (κ3) is 2.44. The maximum Gasteiger partial charge on any atom is 0.348 e. The molecule has 16 heavy (non-hydrogen) atoms. The van der Waals surface area contributed by atoms with E-state index in [1.807, 2.05) is 13.0 Å². The number of ether oxygens (including phenoxy) is 1. The van der Waals surface area contributed by atoms with Gasteiger partial charge in [0, 0.05) is 18.0 Å². The van der Waals surface area contributed by atoms with Gasteiger partial charge in [0.2, 0.25) is 0 Å². The van der Waals surface area contributed by atoms with E-state index < -0.39 is 0 Å². The zero-order valence-electron chi connectivity index (χ0n) is 9.78. The van der Waals surface area contributed by atoms with Crippen molar-refractivity contribution in [2.75, 3.05) is 26.7 Å². The van der Waals surface area contributed by atoms with Gasteiger partial charge in [0.25, 0.3) is 0 Å². The van der Waals surface area contributed by atoms with Crippen LogP contribution in [0.2, 0.25) is 0 Å². The Labute approximate surface area is 100 Å². The Balaban J connectivity index is 2.15. The van der Waals surface area contributed by atoms with Crippen molar-refractivity contribution in [1.29, 1.82) is 0 Å². The maximum atomic E-state index is 11.6. The molecular weight excluding hydrogens is 222 g/mol. The molecule has 0 unspecified atom stereocenters. The van der Waals surface area contributed by atoms with Gasteiger partial charge in [-0.25, -0.2) is 4.79 Å². The molecule has 0 saturated carbocycles. The number of carbonyl (C=O) groups is 1. The Kier molecular flexibility index (Phi) is 3.61. The van der Waals surface area contributed by atoms with E-state index in [9.17, 15) is 4.79 Å². The highest BCUT2D eigenvalue weighted by atomic mass is 32.1. The Morgan fingerprint density at radius 1 is 1.50 bits per heavy atom. The van der Waals surface area contributed by atoms with Gasteiger partial charge in [-0.05, 0) is 38.4 Å². The van der Waals surface area contributed by atoms with Crippen molar-refractivity contribution < 1.29 is 9.53 Å². The highest BCUT2D eigenvalue weighted by Crippen LogP contribution is 2.26. The first-order valence-electron chi connectivity index (χ1n) is 5.68. The van der Waals surface area contributed by atoms with Crippen molar-refractivity contribution in [3.05, 3.63) is 21.4 Å². The fraction of sp³-hybridized carbons (Fsp3) is 0.583. The number of thiophene rings is 1. The molecule has 0 N–H and O–H groups in total. The molecule has 1 aromatic rings. The number of hydrogen-bond donors (Lipinski definition) is 0. The molecule has 0 fully saturated rings. The van der Waals surface area contributed by atoms with Crippen LogP contribution in [0.5, 0.6) is 0 Å². The number of rotatable bonds is 2. The molecule has 0 spiro atoms. The average Bonchev–Trinajstić information content (AvgIpc) is 2.60. The van der Waals surface area contributed by atoms with Gasteiger partial charge >= 0.3 is 5.97 Å². The lowest BCUT2D eigenvalue weighted by atomic mass is 10.1. The Morgan fingerprint density at radius 3 is 3.00 bits per heavy atom. The molecule has 0 radical (unpaired) electrons. The van der Waals surface area contributed by atoms with Crippen molar-refractivity contribution in [2.24, 2.45) is 0 Å². The zero-order chi connectivity index (χ0) is 11.5. The summed E-state index contributed by atoms with van der Waals surface area (Å²) < 4.78 is 5.02. The normalized spacial score (nSPS) is 16.6. The van der Waals surface area contributed by atoms with Crippen LogP contribution >= 0.6 is 11.3 Å². The van der Waals surface area contributed by atoms with Gasteiger partial charge < -0.3 is 9.64 Å². The SMILES string of the molecule is CCOC(=O)c1cc2c(s1)CCN(C)CC2. The topological polar surface area (TPSA) is 29.5 Å². The first-order chi connectivity index (χ1) is 7.70. The van der Waals surface area contributed by atoms with Gasteiger partial charge in [-0.15, -0.1) is 11.3 Å². The van der Waals surface area contributed by atoms with Gasteiger partial charge in [-0.2, -0.15) is 0 Å². The second-order valence-corrected chi connectivity index (χ2v) is 5.22. The lowest BCUT2D eigenvalue weighted by Crippen LogP contribution is -2.20. The molecule has 1 aliphatic heterocycles. The van der Waals surface area contributed by atoms with Gasteiger partial charge in [0.1, 0.15) is 4.88 Å². The molecule has 0 bridgehead atoms. The first kappa shape index (κ1) is 11.6. The van der Waals surface area contributed by atoms with E-state index in [-0.39, 0.29) is 5.97 Å². The zero-order valence-corrected chi connectivity index (χ0v) is 10.6. The highest BCUT2D eigenvalue weighted by molar-refractivity contribution is 7.14. The second-order valence-electron chi connectivity index (χ2n) is 4.08. The Morgan fingerprint density at radius 2 is 2.25 bits per heavy atom. The molecule has 3 nitrogen and oxygen atoms in total. The fourth-order valence-corrected chi connectivity index (χ4v) is 3.00. The highest BCUT2D eigenvalue weighted by Gasteiger charge is 2.18. The summed E-state index contributed by atoms with van der Waals surface area (Å²) >= 11 is 1.60. The third-order valence-corrected chi connectivity index (χ3v) is 4.07. The number of likely N-dealkylation sites (N-methyl/N-ethyl adjacent to an activating group) is 1. The van der Waals surface area contributed by atoms with Crippen LogP contribution in [0.25, 0.3) is 0 Å². The van der Waals surface area contributed by atoms with Crippen LogP contribution in [0.1, 0.15) is 27.0 Å². The summed E-state index contributed by atoms with van der Waals surface area (Å²) in [5, 5.41) is 0. The van der Waals surface area contributed by atoms with E-state index in [0.717, 1.165) is 30.8 Å². The predicted octanol–water partition coefficient (Wildman–Crippen LogP) is 1.96. The standard InChI is InChI=1S/C12H17NO2S/c1-3-15-12(14)11-8-9-4-6-13(2)7-5-10(9)16-11/h8H,3-7H2,1-2H3. The summed E-state index contributed by atoms with van der Waals surface area (Å²) in [5.74, 6) is -0.172. The second kappa shape index (κ2) is 4.97. The van der Waals surface area contributed by atoms with Crippen LogP contribution in [-0.2, 0) is 17.6 Å². The van der Waals surface area contributed by atoms with Crippen molar-refractivity contribution in [1.82, 2.24) is 4.90 Å². The van der Waals surface area contributed by atoms with Crippen LogP contribution in [0.15, 0.2) is 6.07 Å². The maximum absolute atomic E-state index is 11.6. The summed E-state index contributed by atoms with van der Waals surface area (Å²) in [6, 6.07) is 2.01. The molecule has 1 aromatic heterocycles. The molecule has 0 aromatic carbocycles. The smallest absolute Gasteiger partial charge is 0.348 e. The van der Waals surface area contributed by atoms with Crippen molar-refractivity contribution >= 4 is 17.3 Å². The molecule has 2 heterocycles. The summed E-state index contributed by atoms with van der Waals surface area (Å²) in [4.78, 5) is 16.0. The predicted molar refractivity (Wildman–Crippen MR) is 65.2 cm³/mol. The first-order valence-corrected chi connectivity index (χ1v) is 6.49. The van der Waals surface area contributed by atoms with E-state index in [1.165, 1.54) is 10.4 Å². The molecule has 1 aliphatic rings. The van der Waals surface area contributed by atoms with E-state index in [0.29, 0.717) is 6.61 Å². The summed E-state index contributed by atoms with van der Waals surface area (Å²) in [6.07, 6.45) is 2.09. The molecular formula is C12H17NO2S. The van der Waals surface area contributed by atoms with Gasteiger partial charge in [0.15, 0.2) is 0 Å². The van der Waals surface area contributed by atoms with E-state index in [1.54, 1.807) is 11.3 Å². The summed E-state index contributed by atoms with van der Waals surface area (Å²) in [7, 11) is 2.14. The van der Waals surface area contributed by atoms with Crippen molar-refractivity contribution in [2.45, 2.75) is 19.8 Å². The van der Waals surface area contributed by atoms with Gasteiger partial charge in [-0.3, -0.25) is 0 Å². The summed E-state index contributed by atoms with van der Waals surface area (Å²) in [6.45, 7) is 4.44. The molecule has 88 valence electrons. The number of fused-ring (bicyclic) bond motifs is 1. The van der Waals surface area contributed by atoms with E-state index >= 15 is 0 Å². The average molecular weight is 239 g/mol. The number of nitrogens with zero attached hydrogens (tertiary/aromatic N) is 1. The molecule has 2 rings (SSSR count). The lowest BCUT2D eigenvalue weighted by Gasteiger charge is -2.11. The number of carbonyl (C=O) groups excluding carboxylic acids is 1. The van der Waals surface area contributed by atoms with E-state index in [4.69, 9.17) is 4.74 Å². The Hall–Kier alpha value is -0.870. The van der Waals surface area contributed by atoms with Gasteiger partial charge in [-0.1, -0.05) is 0 Å². The monoisotopic (exact) mass is 239 g/mol. The van der Waals surface area contributed by atoms with Crippen LogP contribution < -0.4 is 0 Å². The molecule has 0 aliphatic carbocycles. The summed E-state index contributed by atoms with van der Waals surface area (Å²) in [5.41, 5.74) is 1.33. The van der Waals surface area contributed by atoms with Crippen LogP contribution in [0.4, 0.5) is 0 Å². The van der Waals surface area contributed by atoms with Crippen LogP contribution in [0.3, 0.4) is 0 Å². The van der Waals surface area contributed by atoms with E-state index in [2.05, 4.69) is 11.9 Å². The largest absolute Gasteiger partial charge is 0.462 e. The van der Waals surface area contributed by atoms with Crippen molar-refractivity contribution in [3.8, 4) is 0 Å². The Bertz CT molecular complexity index is 361. The van der Waals surface area contributed by atoms with Crippen LogP contribution in [-0.4, -0.2) is 37.6 Å². The molecule has 0 saturated heterocycles. The minimum Gasteiger partial charge on any atom is -0.462 e. The van der Waals surface area contributed by atoms with Crippen LogP contribution in [0, 0.1) is 0 Å². The fourth-order valence-electron chi connectivity index (χ4n) is 1.91. The van der Waals surface area contributed by atoms with Gasteiger partial charge in [0.05, 0.1) is 6.61 Å². The third-order valence-electron chi connectivity index (χ3n) is 2.86. The van der Waals surface area contributed by atoms with Crippen molar-refractivity contribution in [3.63, 3.8) is 0 Å². The number of hydrogen-bond acceptors (Lipinski definition) is 4. The number of esters is 1. The molecule has 0 amide bonds. The lowest BCUT2D eigenvalue weighted by molar-refractivity contribution is 0.0532. The minimum absolute atomic E-state index is 0.172.